The zero-order chi connectivity index (χ0) is 30.7. The Morgan fingerprint density at radius 1 is 0.953 bits per heavy atom. The van der Waals surface area contributed by atoms with Crippen molar-refractivity contribution in [2.24, 2.45) is 0 Å². The highest BCUT2D eigenvalue weighted by Crippen LogP contribution is 2.32. The van der Waals surface area contributed by atoms with E-state index in [0.717, 1.165) is 12.1 Å². The summed E-state index contributed by atoms with van der Waals surface area (Å²) in [6, 6.07) is 15.3. The van der Waals surface area contributed by atoms with Gasteiger partial charge in [0.15, 0.2) is 0 Å². The third-order valence-electron chi connectivity index (χ3n) is 6.77. The molecule has 0 spiro atoms. The molecule has 0 radical (unpaired) electrons. The second-order valence-corrected chi connectivity index (χ2v) is 10.3. The first-order chi connectivity index (χ1) is 20.5. The van der Waals surface area contributed by atoms with Crippen molar-refractivity contribution < 1.29 is 32.3 Å². The normalized spacial score (nSPS) is 13.8. The Balaban J connectivity index is 1.29. The standard InChI is InChI=1S/C30H29F3N6O4/c1-19(2)43-25-16-23-21(15-24(25)35-28(41)22-9-6-10-26(34-22)30(31,32)33)17-39(36-23)18-27(40)37-11-13-38(14-12-37)29(42)20-7-4-3-5-8-20/h3-10,15-17,19H,11-14,18H2,1-2H3,(H,35,41). The Hall–Kier alpha value is -4.94. The molecular weight excluding hydrogens is 565 g/mol. The molecule has 224 valence electrons. The average molecular weight is 595 g/mol. The molecular formula is C30H29F3N6O4. The van der Waals surface area contributed by atoms with Crippen molar-refractivity contribution in [3.05, 3.63) is 83.8 Å². The first kappa shape index (κ1) is 29.5. The summed E-state index contributed by atoms with van der Waals surface area (Å²) in [5.74, 6) is -0.815. The van der Waals surface area contributed by atoms with Crippen LogP contribution in [0.2, 0.25) is 0 Å². The van der Waals surface area contributed by atoms with Crippen molar-refractivity contribution in [2.75, 3.05) is 31.5 Å². The van der Waals surface area contributed by atoms with Crippen LogP contribution < -0.4 is 10.1 Å². The number of carbonyl (C=O) groups excluding carboxylic acids is 3. The SMILES string of the molecule is CC(C)Oc1cc2nn(CC(=O)N3CCN(C(=O)c4ccccc4)CC3)cc2cc1NC(=O)c1cccc(C(F)(F)F)n1. The molecule has 4 aromatic rings. The molecule has 2 aromatic carbocycles. The second-order valence-electron chi connectivity index (χ2n) is 10.3. The lowest BCUT2D eigenvalue weighted by atomic mass is 10.2. The lowest BCUT2D eigenvalue weighted by Gasteiger charge is -2.34. The molecule has 3 heterocycles. The molecule has 0 unspecified atom stereocenters. The maximum absolute atomic E-state index is 13.1. The number of anilines is 1. The monoisotopic (exact) mass is 594 g/mol. The summed E-state index contributed by atoms with van der Waals surface area (Å²) in [6.07, 6.45) is -3.34. The summed E-state index contributed by atoms with van der Waals surface area (Å²) in [5.41, 5.74) is -0.262. The molecule has 0 atom stereocenters. The van der Waals surface area contributed by atoms with Crippen LogP contribution in [0.3, 0.4) is 0 Å². The molecule has 10 nitrogen and oxygen atoms in total. The van der Waals surface area contributed by atoms with E-state index in [9.17, 15) is 27.6 Å². The van der Waals surface area contributed by atoms with E-state index in [2.05, 4.69) is 15.4 Å². The quantitative estimate of drug-likeness (QED) is 0.338. The minimum Gasteiger partial charge on any atom is -0.489 e. The maximum atomic E-state index is 13.1. The van der Waals surface area contributed by atoms with E-state index in [4.69, 9.17) is 4.74 Å². The number of aromatic nitrogens is 3. The lowest BCUT2D eigenvalue weighted by molar-refractivity contribution is -0.141. The summed E-state index contributed by atoms with van der Waals surface area (Å²) in [7, 11) is 0. The fraction of sp³-hybridized carbons (Fsp3) is 0.300. The predicted molar refractivity (Wildman–Crippen MR) is 152 cm³/mol. The number of piperazine rings is 1. The number of ether oxygens (including phenoxy) is 1. The molecule has 13 heteroatoms. The molecule has 1 aliphatic rings. The first-order valence-electron chi connectivity index (χ1n) is 13.6. The molecule has 1 aliphatic heterocycles. The molecule has 1 fully saturated rings. The van der Waals surface area contributed by atoms with Crippen LogP contribution in [0.5, 0.6) is 5.75 Å². The summed E-state index contributed by atoms with van der Waals surface area (Å²) in [5, 5.41) is 7.66. The summed E-state index contributed by atoms with van der Waals surface area (Å²) in [4.78, 5) is 45.5. The van der Waals surface area contributed by atoms with Gasteiger partial charge in [-0.3, -0.25) is 19.1 Å². The zero-order valence-electron chi connectivity index (χ0n) is 23.5. The minimum absolute atomic E-state index is 0.0441. The largest absolute Gasteiger partial charge is 0.489 e. The van der Waals surface area contributed by atoms with Crippen molar-refractivity contribution in [3.8, 4) is 5.75 Å². The lowest BCUT2D eigenvalue weighted by Crippen LogP contribution is -2.51. The number of amides is 3. The second kappa shape index (κ2) is 12.1. The van der Waals surface area contributed by atoms with Gasteiger partial charge in [-0.1, -0.05) is 24.3 Å². The summed E-state index contributed by atoms with van der Waals surface area (Å²) < 4.78 is 46.6. The van der Waals surface area contributed by atoms with E-state index in [0.29, 0.717) is 42.6 Å². The fourth-order valence-electron chi connectivity index (χ4n) is 4.70. The molecule has 0 aliphatic carbocycles. The van der Waals surface area contributed by atoms with E-state index in [1.54, 1.807) is 54.1 Å². The van der Waals surface area contributed by atoms with Crippen molar-refractivity contribution in [2.45, 2.75) is 32.7 Å². The Morgan fingerprint density at radius 3 is 2.33 bits per heavy atom. The summed E-state index contributed by atoms with van der Waals surface area (Å²) >= 11 is 0. The Bertz CT molecular complexity index is 1650. The summed E-state index contributed by atoms with van der Waals surface area (Å²) in [6.45, 7) is 5.15. The van der Waals surface area contributed by atoms with Crippen LogP contribution in [0.15, 0.2) is 66.9 Å². The van der Waals surface area contributed by atoms with Gasteiger partial charge in [0.25, 0.3) is 11.8 Å². The number of benzene rings is 2. The van der Waals surface area contributed by atoms with Crippen LogP contribution in [-0.4, -0.2) is 74.6 Å². The molecule has 0 bridgehead atoms. The number of halogens is 3. The highest BCUT2D eigenvalue weighted by atomic mass is 19.4. The molecule has 1 saturated heterocycles. The number of rotatable bonds is 7. The Labute approximate surface area is 245 Å². The Morgan fingerprint density at radius 2 is 1.65 bits per heavy atom. The van der Waals surface area contributed by atoms with Crippen LogP contribution >= 0.6 is 0 Å². The third kappa shape index (κ3) is 6.93. The smallest absolute Gasteiger partial charge is 0.433 e. The molecule has 2 aromatic heterocycles. The molecule has 1 N–H and O–H groups in total. The van der Waals surface area contributed by atoms with Gasteiger partial charge in [0.2, 0.25) is 5.91 Å². The van der Waals surface area contributed by atoms with E-state index < -0.39 is 23.5 Å². The van der Waals surface area contributed by atoms with Gasteiger partial charge in [-0.2, -0.15) is 18.3 Å². The molecule has 3 amide bonds. The van der Waals surface area contributed by atoms with Crippen molar-refractivity contribution in [1.82, 2.24) is 24.6 Å². The van der Waals surface area contributed by atoms with Crippen LogP contribution in [0.25, 0.3) is 10.9 Å². The number of carbonyl (C=O) groups is 3. The number of nitrogens with zero attached hydrogens (tertiary/aromatic N) is 5. The van der Waals surface area contributed by atoms with E-state index >= 15 is 0 Å². The molecule has 0 saturated carbocycles. The van der Waals surface area contributed by atoms with Gasteiger partial charge < -0.3 is 19.9 Å². The number of hydrogen-bond acceptors (Lipinski definition) is 6. The van der Waals surface area contributed by atoms with Crippen LogP contribution in [0.4, 0.5) is 18.9 Å². The van der Waals surface area contributed by atoms with Gasteiger partial charge in [0.1, 0.15) is 23.7 Å². The van der Waals surface area contributed by atoms with Gasteiger partial charge in [-0.25, -0.2) is 4.98 Å². The fourth-order valence-corrected chi connectivity index (χ4v) is 4.70. The van der Waals surface area contributed by atoms with Crippen LogP contribution in [0.1, 0.15) is 40.4 Å². The highest BCUT2D eigenvalue weighted by Gasteiger charge is 2.33. The maximum Gasteiger partial charge on any atom is 0.433 e. The molecule has 43 heavy (non-hydrogen) atoms. The van der Waals surface area contributed by atoms with Gasteiger partial charge in [0.05, 0.1) is 17.3 Å². The zero-order valence-corrected chi connectivity index (χ0v) is 23.5. The number of nitrogens with one attached hydrogen (secondary N) is 1. The Kier molecular flexibility index (Phi) is 8.33. The van der Waals surface area contributed by atoms with Gasteiger partial charge in [-0.05, 0) is 44.2 Å². The van der Waals surface area contributed by atoms with E-state index in [1.807, 2.05) is 18.2 Å². The number of fused-ring (bicyclic) bond motifs is 1. The van der Waals surface area contributed by atoms with Crippen molar-refractivity contribution >= 4 is 34.3 Å². The highest BCUT2D eigenvalue weighted by molar-refractivity contribution is 6.05. The van der Waals surface area contributed by atoms with E-state index in [1.165, 1.54) is 10.7 Å². The minimum atomic E-state index is -4.69. The predicted octanol–water partition coefficient (Wildman–Crippen LogP) is 4.47. The van der Waals surface area contributed by atoms with Crippen LogP contribution in [-0.2, 0) is 17.5 Å². The van der Waals surface area contributed by atoms with Crippen molar-refractivity contribution in [3.63, 3.8) is 0 Å². The van der Waals surface area contributed by atoms with Crippen molar-refractivity contribution in [1.29, 1.82) is 0 Å². The third-order valence-corrected chi connectivity index (χ3v) is 6.77. The van der Waals surface area contributed by atoms with Gasteiger partial charge in [-0.15, -0.1) is 0 Å². The first-order valence-corrected chi connectivity index (χ1v) is 13.6. The van der Waals surface area contributed by atoms with Crippen LogP contribution in [0, 0.1) is 0 Å². The number of hydrogen-bond donors (Lipinski definition) is 1. The topological polar surface area (TPSA) is 110 Å². The van der Waals surface area contributed by atoms with Gasteiger partial charge >= 0.3 is 6.18 Å². The van der Waals surface area contributed by atoms with E-state index in [-0.39, 0.29) is 35.9 Å². The molecule has 5 rings (SSSR count). The number of alkyl halides is 3. The number of pyridine rings is 1. The van der Waals surface area contributed by atoms with Gasteiger partial charge in [0, 0.05) is 49.4 Å². The average Bonchev–Trinajstić information content (AvgIpc) is 3.37.